The summed E-state index contributed by atoms with van der Waals surface area (Å²) >= 11 is 0. The van der Waals surface area contributed by atoms with Gasteiger partial charge in [0.1, 0.15) is 0 Å². The first-order valence-electron chi connectivity index (χ1n) is 5.70. The molecule has 2 atom stereocenters. The van der Waals surface area contributed by atoms with Crippen LogP contribution in [0.2, 0.25) is 0 Å². The van der Waals surface area contributed by atoms with E-state index in [4.69, 9.17) is 4.74 Å². The van der Waals surface area contributed by atoms with Gasteiger partial charge in [0.2, 0.25) is 0 Å². The summed E-state index contributed by atoms with van der Waals surface area (Å²) in [6.07, 6.45) is 12.9. The van der Waals surface area contributed by atoms with Gasteiger partial charge in [-0.3, -0.25) is 0 Å². The first-order chi connectivity index (χ1) is 6.36. The summed E-state index contributed by atoms with van der Waals surface area (Å²) in [5.41, 5.74) is 0. The predicted molar refractivity (Wildman–Crippen MR) is 56.9 cm³/mol. The molecule has 0 N–H and O–H groups in total. The molecule has 0 aromatic rings. The number of unbranched alkanes of at least 4 members (excludes halogenated alkanes) is 2. The molecule has 0 fully saturated rings. The largest absolute Gasteiger partial charge is 0.367 e. The van der Waals surface area contributed by atoms with Crippen LogP contribution in [0.4, 0.5) is 0 Å². The van der Waals surface area contributed by atoms with Crippen molar-refractivity contribution in [1.82, 2.24) is 0 Å². The number of hydrogen-bond donors (Lipinski definition) is 0. The molecular formula is C12H22O. The molecule has 0 radical (unpaired) electrons. The Hall–Kier alpha value is -0.300. The normalized spacial score (nSPS) is 26.9. The molecule has 0 saturated carbocycles. The zero-order valence-electron chi connectivity index (χ0n) is 8.96. The summed E-state index contributed by atoms with van der Waals surface area (Å²) in [6, 6.07) is 0. The third kappa shape index (κ3) is 3.95. The van der Waals surface area contributed by atoms with Gasteiger partial charge in [0.05, 0.1) is 12.2 Å². The van der Waals surface area contributed by atoms with Crippen molar-refractivity contribution in [1.29, 1.82) is 0 Å². The van der Waals surface area contributed by atoms with Gasteiger partial charge in [-0.15, -0.1) is 0 Å². The van der Waals surface area contributed by atoms with Crippen molar-refractivity contribution in [3.05, 3.63) is 12.2 Å². The summed E-state index contributed by atoms with van der Waals surface area (Å²) in [5, 5.41) is 0. The standard InChI is InChI=1S/C12H22O/c1-3-5-7-11-9-10-12(13-11)8-6-4-2/h9-12H,3-8H2,1-2H3/t11-,12-/m0/s1. The minimum absolute atomic E-state index is 0.418. The van der Waals surface area contributed by atoms with Crippen molar-refractivity contribution in [2.24, 2.45) is 0 Å². The smallest absolute Gasteiger partial charge is 0.0764 e. The molecule has 1 nitrogen and oxygen atoms in total. The number of hydrogen-bond acceptors (Lipinski definition) is 1. The van der Waals surface area contributed by atoms with Gasteiger partial charge in [0, 0.05) is 0 Å². The Kier molecular flexibility index (Phi) is 5.14. The molecular weight excluding hydrogens is 160 g/mol. The number of rotatable bonds is 6. The molecule has 76 valence electrons. The lowest BCUT2D eigenvalue weighted by Crippen LogP contribution is -2.11. The van der Waals surface area contributed by atoms with Crippen molar-refractivity contribution in [3.8, 4) is 0 Å². The fourth-order valence-electron chi connectivity index (χ4n) is 1.70. The summed E-state index contributed by atoms with van der Waals surface area (Å²) in [5.74, 6) is 0. The minimum Gasteiger partial charge on any atom is -0.367 e. The van der Waals surface area contributed by atoms with Gasteiger partial charge in [0.15, 0.2) is 0 Å². The van der Waals surface area contributed by atoms with Crippen LogP contribution in [-0.2, 0) is 4.74 Å². The maximum atomic E-state index is 5.85. The highest BCUT2D eigenvalue weighted by molar-refractivity contribution is 5.01. The SMILES string of the molecule is CCCC[C@H]1C=C[C@H](CCCC)O1. The van der Waals surface area contributed by atoms with Crippen molar-refractivity contribution in [2.75, 3.05) is 0 Å². The van der Waals surface area contributed by atoms with Crippen LogP contribution in [0.3, 0.4) is 0 Å². The molecule has 0 aliphatic carbocycles. The lowest BCUT2D eigenvalue weighted by molar-refractivity contribution is 0.0492. The molecule has 13 heavy (non-hydrogen) atoms. The zero-order chi connectivity index (χ0) is 9.52. The Morgan fingerprint density at radius 3 is 1.77 bits per heavy atom. The van der Waals surface area contributed by atoms with E-state index in [2.05, 4.69) is 26.0 Å². The molecule has 0 aromatic heterocycles. The first kappa shape index (κ1) is 10.8. The molecule has 1 heteroatoms. The van der Waals surface area contributed by atoms with Gasteiger partial charge in [-0.05, 0) is 12.8 Å². The van der Waals surface area contributed by atoms with E-state index in [0.717, 1.165) is 0 Å². The first-order valence-corrected chi connectivity index (χ1v) is 5.70. The third-order valence-corrected chi connectivity index (χ3v) is 2.57. The second kappa shape index (κ2) is 6.20. The van der Waals surface area contributed by atoms with Crippen LogP contribution in [0.1, 0.15) is 52.4 Å². The maximum absolute atomic E-state index is 5.85. The fraction of sp³-hybridized carbons (Fsp3) is 0.833. The van der Waals surface area contributed by atoms with Crippen LogP contribution in [0, 0.1) is 0 Å². The van der Waals surface area contributed by atoms with Crippen LogP contribution in [0.5, 0.6) is 0 Å². The van der Waals surface area contributed by atoms with E-state index in [1.54, 1.807) is 0 Å². The maximum Gasteiger partial charge on any atom is 0.0764 e. The van der Waals surface area contributed by atoms with E-state index in [-0.39, 0.29) is 0 Å². The highest BCUT2D eigenvalue weighted by Gasteiger charge is 2.17. The van der Waals surface area contributed by atoms with E-state index in [1.165, 1.54) is 38.5 Å². The molecule has 1 rings (SSSR count). The van der Waals surface area contributed by atoms with Crippen molar-refractivity contribution in [2.45, 2.75) is 64.6 Å². The van der Waals surface area contributed by atoms with Crippen LogP contribution >= 0.6 is 0 Å². The highest BCUT2D eigenvalue weighted by atomic mass is 16.5. The van der Waals surface area contributed by atoms with Gasteiger partial charge in [0.25, 0.3) is 0 Å². The lowest BCUT2D eigenvalue weighted by Gasteiger charge is -2.13. The van der Waals surface area contributed by atoms with Crippen LogP contribution in [0.15, 0.2) is 12.2 Å². The Bertz CT molecular complexity index is 135. The van der Waals surface area contributed by atoms with E-state index >= 15 is 0 Å². The summed E-state index contributed by atoms with van der Waals surface area (Å²) < 4.78 is 5.85. The average Bonchev–Trinajstić information content (AvgIpc) is 2.59. The molecule has 0 unspecified atom stereocenters. The molecule has 1 aliphatic rings. The Labute approximate surface area is 82.2 Å². The van der Waals surface area contributed by atoms with E-state index in [0.29, 0.717) is 12.2 Å². The second-order valence-corrected chi connectivity index (χ2v) is 3.88. The van der Waals surface area contributed by atoms with Gasteiger partial charge in [-0.2, -0.15) is 0 Å². The fourth-order valence-corrected chi connectivity index (χ4v) is 1.70. The van der Waals surface area contributed by atoms with Crippen molar-refractivity contribution >= 4 is 0 Å². The summed E-state index contributed by atoms with van der Waals surface area (Å²) in [6.45, 7) is 4.46. The molecule has 0 aromatic carbocycles. The molecule has 0 spiro atoms. The Morgan fingerprint density at radius 2 is 1.38 bits per heavy atom. The van der Waals surface area contributed by atoms with E-state index < -0.39 is 0 Å². The van der Waals surface area contributed by atoms with E-state index in [9.17, 15) is 0 Å². The summed E-state index contributed by atoms with van der Waals surface area (Å²) in [7, 11) is 0. The van der Waals surface area contributed by atoms with Crippen LogP contribution in [-0.4, -0.2) is 12.2 Å². The second-order valence-electron chi connectivity index (χ2n) is 3.88. The molecule has 1 aliphatic heterocycles. The van der Waals surface area contributed by atoms with Crippen LogP contribution < -0.4 is 0 Å². The molecule has 0 amide bonds. The molecule has 1 heterocycles. The zero-order valence-corrected chi connectivity index (χ0v) is 8.96. The Balaban J connectivity index is 2.10. The van der Waals surface area contributed by atoms with Gasteiger partial charge >= 0.3 is 0 Å². The van der Waals surface area contributed by atoms with E-state index in [1.807, 2.05) is 0 Å². The number of ether oxygens (including phenoxy) is 1. The monoisotopic (exact) mass is 182 g/mol. The van der Waals surface area contributed by atoms with Gasteiger partial charge in [-0.25, -0.2) is 0 Å². The Morgan fingerprint density at radius 1 is 0.923 bits per heavy atom. The third-order valence-electron chi connectivity index (χ3n) is 2.57. The van der Waals surface area contributed by atoms with Crippen molar-refractivity contribution < 1.29 is 4.74 Å². The average molecular weight is 182 g/mol. The van der Waals surface area contributed by atoms with Crippen molar-refractivity contribution in [3.63, 3.8) is 0 Å². The quantitative estimate of drug-likeness (QED) is 0.569. The predicted octanol–water partition coefficient (Wildman–Crippen LogP) is 3.69. The highest BCUT2D eigenvalue weighted by Crippen LogP contribution is 2.20. The lowest BCUT2D eigenvalue weighted by atomic mass is 10.1. The molecule has 0 saturated heterocycles. The topological polar surface area (TPSA) is 9.23 Å². The molecule has 0 bridgehead atoms. The van der Waals surface area contributed by atoms with Gasteiger partial charge in [-0.1, -0.05) is 51.7 Å². The minimum atomic E-state index is 0.418. The van der Waals surface area contributed by atoms with Gasteiger partial charge < -0.3 is 4.74 Å². The van der Waals surface area contributed by atoms with Crippen LogP contribution in [0.25, 0.3) is 0 Å². The summed E-state index contributed by atoms with van der Waals surface area (Å²) in [4.78, 5) is 0.